The molecule has 0 unspecified atom stereocenters. The number of ether oxygens (including phenoxy) is 1. The monoisotopic (exact) mass is 313 g/mol. The van der Waals surface area contributed by atoms with Crippen LogP contribution < -0.4 is 5.32 Å². The average molecular weight is 313 g/mol. The number of para-hydroxylation sites is 1. The highest BCUT2D eigenvalue weighted by Gasteiger charge is 2.16. The molecule has 1 N–H and O–H groups in total. The standard InChI is InChI=1S/C17H19N3O3/c1-23-16(21)10-12-20(13-15-9-5-6-11-18-15)17(22)19-14-7-3-2-4-8-14/h2-9,11H,10,12-13H2,1H3,(H,19,22). The van der Waals surface area contributed by atoms with Crippen LogP contribution in [0.5, 0.6) is 0 Å². The lowest BCUT2D eigenvalue weighted by molar-refractivity contribution is -0.140. The van der Waals surface area contributed by atoms with Crippen LogP contribution in [0.15, 0.2) is 54.7 Å². The summed E-state index contributed by atoms with van der Waals surface area (Å²) in [5.74, 6) is -0.358. The Morgan fingerprint density at radius 1 is 1.13 bits per heavy atom. The van der Waals surface area contributed by atoms with E-state index in [4.69, 9.17) is 0 Å². The van der Waals surface area contributed by atoms with Gasteiger partial charge in [0.2, 0.25) is 0 Å². The summed E-state index contributed by atoms with van der Waals surface area (Å²) in [6.07, 6.45) is 1.80. The van der Waals surface area contributed by atoms with Crippen LogP contribution in [-0.2, 0) is 16.1 Å². The molecule has 0 bridgehead atoms. The molecule has 0 spiro atoms. The van der Waals surface area contributed by atoms with Gasteiger partial charge in [0.15, 0.2) is 0 Å². The fraction of sp³-hybridized carbons (Fsp3) is 0.235. The number of hydrogen-bond acceptors (Lipinski definition) is 4. The highest BCUT2D eigenvalue weighted by atomic mass is 16.5. The lowest BCUT2D eigenvalue weighted by Crippen LogP contribution is -2.36. The number of pyridine rings is 1. The first-order valence-electron chi connectivity index (χ1n) is 7.26. The van der Waals surface area contributed by atoms with Gasteiger partial charge in [-0.25, -0.2) is 4.79 Å². The quantitative estimate of drug-likeness (QED) is 0.832. The fourth-order valence-electron chi connectivity index (χ4n) is 1.99. The van der Waals surface area contributed by atoms with Gasteiger partial charge in [0, 0.05) is 18.4 Å². The van der Waals surface area contributed by atoms with Crippen molar-refractivity contribution in [2.75, 3.05) is 19.0 Å². The minimum Gasteiger partial charge on any atom is -0.469 e. The van der Waals surface area contributed by atoms with E-state index in [9.17, 15) is 9.59 Å². The van der Waals surface area contributed by atoms with Crippen molar-refractivity contribution in [3.05, 3.63) is 60.4 Å². The third-order valence-corrected chi connectivity index (χ3v) is 3.20. The number of hydrogen-bond donors (Lipinski definition) is 1. The zero-order valence-electron chi connectivity index (χ0n) is 12.9. The van der Waals surface area contributed by atoms with E-state index < -0.39 is 0 Å². The lowest BCUT2D eigenvalue weighted by atomic mass is 10.3. The Balaban J connectivity index is 2.05. The van der Waals surface area contributed by atoms with Crippen molar-refractivity contribution in [1.82, 2.24) is 9.88 Å². The number of carbonyl (C=O) groups excluding carboxylic acids is 2. The third-order valence-electron chi connectivity index (χ3n) is 3.20. The molecular weight excluding hydrogens is 294 g/mol. The second-order valence-electron chi connectivity index (χ2n) is 4.86. The number of nitrogens with one attached hydrogen (secondary N) is 1. The Kier molecular flexibility index (Phi) is 6.11. The van der Waals surface area contributed by atoms with Crippen molar-refractivity contribution >= 4 is 17.7 Å². The molecule has 0 fully saturated rings. The molecule has 23 heavy (non-hydrogen) atoms. The first-order chi connectivity index (χ1) is 11.2. The SMILES string of the molecule is COC(=O)CCN(Cc1ccccn1)C(=O)Nc1ccccc1. The average Bonchev–Trinajstić information content (AvgIpc) is 2.60. The number of nitrogens with zero attached hydrogens (tertiary/aromatic N) is 2. The van der Waals surface area contributed by atoms with E-state index in [0.29, 0.717) is 12.2 Å². The number of anilines is 1. The molecule has 0 aliphatic heterocycles. The van der Waals surface area contributed by atoms with E-state index in [1.54, 1.807) is 18.3 Å². The van der Waals surface area contributed by atoms with Gasteiger partial charge in [-0.2, -0.15) is 0 Å². The highest BCUT2D eigenvalue weighted by Crippen LogP contribution is 2.09. The van der Waals surface area contributed by atoms with Gasteiger partial charge < -0.3 is 15.0 Å². The predicted molar refractivity (Wildman–Crippen MR) is 86.7 cm³/mol. The summed E-state index contributed by atoms with van der Waals surface area (Å²) in [6.45, 7) is 0.568. The van der Waals surface area contributed by atoms with E-state index in [1.807, 2.05) is 36.4 Å². The summed E-state index contributed by atoms with van der Waals surface area (Å²) in [5, 5.41) is 2.81. The summed E-state index contributed by atoms with van der Waals surface area (Å²) in [6, 6.07) is 14.4. The number of urea groups is 1. The maximum absolute atomic E-state index is 12.5. The van der Waals surface area contributed by atoms with Crippen LogP contribution >= 0.6 is 0 Å². The maximum atomic E-state index is 12.5. The van der Waals surface area contributed by atoms with E-state index in [1.165, 1.54) is 12.0 Å². The Labute approximate surface area is 135 Å². The smallest absolute Gasteiger partial charge is 0.322 e. The number of rotatable bonds is 6. The molecule has 0 saturated heterocycles. The second kappa shape index (κ2) is 8.53. The van der Waals surface area contributed by atoms with Gasteiger partial charge in [-0.1, -0.05) is 24.3 Å². The van der Waals surface area contributed by atoms with E-state index in [2.05, 4.69) is 15.0 Å². The molecule has 0 aliphatic rings. The molecule has 1 heterocycles. The number of aromatic nitrogens is 1. The van der Waals surface area contributed by atoms with Crippen molar-refractivity contribution < 1.29 is 14.3 Å². The molecule has 2 rings (SSSR count). The first-order valence-corrected chi connectivity index (χ1v) is 7.26. The normalized spacial score (nSPS) is 9.96. The number of methoxy groups -OCH3 is 1. The van der Waals surface area contributed by atoms with Crippen molar-refractivity contribution in [1.29, 1.82) is 0 Å². The van der Waals surface area contributed by atoms with Crippen LogP contribution in [0.3, 0.4) is 0 Å². The number of carbonyl (C=O) groups is 2. The van der Waals surface area contributed by atoms with Gasteiger partial charge in [-0.05, 0) is 24.3 Å². The van der Waals surface area contributed by atoms with Crippen LogP contribution in [0.4, 0.5) is 10.5 Å². The minimum absolute atomic E-state index is 0.130. The lowest BCUT2D eigenvalue weighted by Gasteiger charge is -2.22. The van der Waals surface area contributed by atoms with Crippen molar-refractivity contribution in [3.8, 4) is 0 Å². The molecule has 2 amide bonds. The summed E-state index contributed by atoms with van der Waals surface area (Å²) >= 11 is 0. The zero-order chi connectivity index (χ0) is 16.5. The second-order valence-corrected chi connectivity index (χ2v) is 4.86. The zero-order valence-corrected chi connectivity index (χ0v) is 12.9. The summed E-state index contributed by atoms with van der Waals surface area (Å²) in [4.78, 5) is 29.6. The number of esters is 1. The Morgan fingerprint density at radius 2 is 1.87 bits per heavy atom. The van der Waals surface area contributed by atoms with Crippen LogP contribution in [0.1, 0.15) is 12.1 Å². The topological polar surface area (TPSA) is 71.5 Å². The van der Waals surface area contributed by atoms with Crippen LogP contribution in [-0.4, -0.2) is 35.5 Å². The molecule has 0 atom stereocenters. The van der Waals surface area contributed by atoms with Crippen molar-refractivity contribution in [2.24, 2.45) is 0 Å². The Morgan fingerprint density at radius 3 is 2.52 bits per heavy atom. The summed E-state index contributed by atoms with van der Waals surface area (Å²) in [7, 11) is 1.33. The molecular formula is C17H19N3O3. The summed E-state index contributed by atoms with van der Waals surface area (Å²) < 4.78 is 4.64. The van der Waals surface area contributed by atoms with Crippen LogP contribution in [0.2, 0.25) is 0 Å². The van der Waals surface area contributed by atoms with Gasteiger partial charge in [0.05, 0.1) is 25.8 Å². The van der Waals surface area contributed by atoms with Gasteiger partial charge >= 0.3 is 12.0 Å². The fourth-order valence-corrected chi connectivity index (χ4v) is 1.99. The van der Waals surface area contributed by atoms with Gasteiger partial charge in [-0.3, -0.25) is 9.78 Å². The van der Waals surface area contributed by atoms with E-state index >= 15 is 0 Å². The molecule has 120 valence electrons. The van der Waals surface area contributed by atoms with E-state index in [-0.39, 0.29) is 25.0 Å². The maximum Gasteiger partial charge on any atom is 0.322 e. The third kappa shape index (κ3) is 5.43. The molecule has 0 radical (unpaired) electrons. The molecule has 0 aliphatic carbocycles. The Hall–Kier alpha value is -2.89. The van der Waals surface area contributed by atoms with Crippen LogP contribution in [0.25, 0.3) is 0 Å². The largest absolute Gasteiger partial charge is 0.469 e. The number of amides is 2. The highest BCUT2D eigenvalue weighted by molar-refractivity contribution is 5.89. The molecule has 1 aromatic carbocycles. The Bertz CT molecular complexity index is 632. The van der Waals surface area contributed by atoms with Crippen molar-refractivity contribution in [3.63, 3.8) is 0 Å². The molecule has 0 saturated carbocycles. The summed E-state index contributed by atoms with van der Waals surface area (Å²) in [5.41, 5.74) is 1.45. The van der Waals surface area contributed by atoms with E-state index in [0.717, 1.165) is 5.69 Å². The van der Waals surface area contributed by atoms with Gasteiger partial charge in [0.25, 0.3) is 0 Å². The van der Waals surface area contributed by atoms with Gasteiger partial charge in [0.1, 0.15) is 0 Å². The predicted octanol–water partition coefficient (Wildman–Crippen LogP) is 2.68. The molecule has 6 heteroatoms. The van der Waals surface area contributed by atoms with Crippen molar-refractivity contribution in [2.45, 2.75) is 13.0 Å². The first kappa shape index (κ1) is 16.5. The molecule has 1 aromatic heterocycles. The minimum atomic E-state index is -0.358. The van der Waals surface area contributed by atoms with Gasteiger partial charge in [-0.15, -0.1) is 0 Å². The molecule has 2 aromatic rings. The molecule has 6 nitrogen and oxygen atoms in total. The van der Waals surface area contributed by atoms with Crippen LogP contribution in [0, 0.1) is 0 Å². The number of benzene rings is 1.